The summed E-state index contributed by atoms with van der Waals surface area (Å²) in [6.45, 7) is 0. The summed E-state index contributed by atoms with van der Waals surface area (Å²) in [6, 6.07) is 73.9. The Labute approximate surface area is 335 Å². The van der Waals surface area contributed by atoms with Crippen molar-refractivity contribution in [1.29, 1.82) is 0 Å². The summed E-state index contributed by atoms with van der Waals surface area (Å²) >= 11 is 0. The molecule has 0 N–H and O–H groups in total. The van der Waals surface area contributed by atoms with Crippen molar-refractivity contribution in [2.24, 2.45) is 0 Å². The Hall–Kier alpha value is -7.62. The van der Waals surface area contributed by atoms with Gasteiger partial charge in [0.1, 0.15) is 0 Å². The van der Waals surface area contributed by atoms with Gasteiger partial charge in [0.25, 0.3) is 0 Å². The molecule has 3 nitrogen and oxygen atoms in total. The van der Waals surface area contributed by atoms with Gasteiger partial charge in [-0.25, -0.2) is 0 Å². The second-order valence-corrected chi connectivity index (χ2v) is 15.7. The molecular weight excluding hydrogens is 703 g/mol. The molecule has 3 heteroatoms. The quantitative estimate of drug-likeness (QED) is 0.171. The van der Waals surface area contributed by atoms with Crippen LogP contribution in [0, 0.1) is 0 Å². The van der Waals surface area contributed by atoms with E-state index < -0.39 is 0 Å². The van der Waals surface area contributed by atoms with Gasteiger partial charge >= 0.3 is 0 Å². The first-order valence-electron chi connectivity index (χ1n) is 20.1. The molecule has 0 spiro atoms. The molecule has 1 aliphatic carbocycles. The van der Waals surface area contributed by atoms with Gasteiger partial charge in [0.2, 0.25) is 0 Å². The van der Waals surface area contributed by atoms with Crippen LogP contribution in [-0.4, -0.2) is 8.97 Å². The van der Waals surface area contributed by atoms with Crippen molar-refractivity contribution in [2.45, 2.75) is 6.42 Å². The molecule has 0 atom stereocenters. The summed E-state index contributed by atoms with van der Waals surface area (Å²) in [5, 5.41) is 7.71. The average Bonchev–Trinajstić information content (AvgIpc) is 4.03. The van der Waals surface area contributed by atoms with Crippen molar-refractivity contribution in [3.05, 3.63) is 211 Å². The van der Waals surface area contributed by atoms with Gasteiger partial charge in [-0.3, -0.25) is 0 Å². The molecule has 0 radical (unpaired) electrons. The first kappa shape index (κ1) is 31.6. The highest BCUT2D eigenvalue weighted by molar-refractivity contribution is 6.25. The second kappa shape index (κ2) is 11.9. The molecule has 0 amide bonds. The van der Waals surface area contributed by atoms with Crippen LogP contribution in [0.4, 0.5) is 17.1 Å². The summed E-state index contributed by atoms with van der Waals surface area (Å²) in [5.41, 5.74) is 18.6. The first-order chi connectivity index (χ1) is 28.8. The van der Waals surface area contributed by atoms with Gasteiger partial charge in [0.05, 0.1) is 27.6 Å². The van der Waals surface area contributed by atoms with E-state index in [0.717, 1.165) is 29.2 Å². The molecule has 270 valence electrons. The van der Waals surface area contributed by atoms with Gasteiger partial charge < -0.3 is 13.9 Å². The minimum absolute atomic E-state index is 0.970. The maximum Gasteiger partial charge on any atom is 0.0620 e. The Morgan fingerprint density at radius 1 is 0.345 bits per heavy atom. The lowest BCUT2D eigenvalue weighted by molar-refractivity contribution is 1.17. The number of para-hydroxylation sites is 5. The molecular formula is C55H35N3. The molecule has 13 rings (SSSR count). The van der Waals surface area contributed by atoms with Gasteiger partial charge in [-0.1, -0.05) is 140 Å². The molecule has 0 aliphatic heterocycles. The number of nitrogens with zero attached hydrogens (tertiary/aromatic N) is 3. The Morgan fingerprint density at radius 3 is 1.66 bits per heavy atom. The smallest absolute Gasteiger partial charge is 0.0620 e. The molecule has 0 saturated heterocycles. The summed E-state index contributed by atoms with van der Waals surface area (Å²) in [5.74, 6) is 0. The van der Waals surface area contributed by atoms with Gasteiger partial charge in [-0.15, -0.1) is 0 Å². The van der Waals surface area contributed by atoms with E-state index in [1.165, 1.54) is 93.3 Å². The van der Waals surface area contributed by atoms with Crippen LogP contribution in [-0.2, 0) is 6.42 Å². The molecule has 3 aromatic heterocycles. The number of hydrogen-bond donors (Lipinski definition) is 0. The van der Waals surface area contributed by atoms with E-state index in [1.54, 1.807) is 0 Å². The number of benzene rings is 9. The number of anilines is 3. The van der Waals surface area contributed by atoms with E-state index in [1.807, 2.05) is 0 Å². The zero-order valence-electron chi connectivity index (χ0n) is 31.6. The minimum atomic E-state index is 0.970. The topological polar surface area (TPSA) is 12.6 Å². The third-order valence-corrected chi connectivity index (χ3v) is 12.6. The number of hydrogen-bond acceptors (Lipinski definition) is 1. The van der Waals surface area contributed by atoms with Crippen molar-refractivity contribution in [3.63, 3.8) is 0 Å². The normalized spacial score (nSPS) is 12.4. The summed E-state index contributed by atoms with van der Waals surface area (Å²) in [7, 11) is 0. The highest BCUT2D eigenvalue weighted by atomic mass is 15.1. The van der Waals surface area contributed by atoms with Crippen LogP contribution in [0.15, 0.2) is 200 Å². The van der Waals surface area contributed by atoms with Crippen LogP contribution >= 0.6 is 0 Å². The molecule has 1 aliphatic rings. The summed E-state index contributed by atoms with van der Waals surface area (Å²) < 4.78 is 4.90. The molecule has 0 fully saturated rings. The lowest BCUT2D eigenvalue weighted by Crippen LogP contribution is -2.11. The van der Waals surface area contributed by atoms with E-state index >= 15 is 0 Å². The fraction of sp³-hybridized carbons (Fsp3) is 0.0182. The Bertz CT molecular complexity index is 3550. The SMILES string of the molecule is c1cc(N(c2ccc(-c3cccc4c5cccc6c7ccccc7n(c34)c65)cc2)c2ccc3c(c2)-c2ccccc2C3)cc(-n2c3ccccc3c3ccccc32)c1. The summed E-state index contributed by atoms with van der Waals surface area (Å²) in [6.07, 6.45) is 0.970. The fourth-order valence-corrected chi connectivity index (χ4v) is 10.2. The maximum atomic E-state index is 2.49. The Kier molecular flexibility index (Phi) is 6.50. The molecule has 0 bridgehead atoms. The van der Waals surface area contributed by atoms with Gasteiger partial charge in [-0.05, 0) is 94.9 Å². The number of rotatable bonds is 5. The minimum Gasteiger partial charge on any atom is -0.310 e. The fourth-order valence-electron chi connectivity index (χ4n) is 10.2. The molecule has 58 heavy (non-hydrogen) atoms. The lowest BCUT2D eigenvalue weighted by atomic mass is 10.0. The maximum absolute atomic E-state index is 2.49. The van der Waals surface area contributed by atoms with Crippen molar-refractivity contribution >= 4 is 77.0 Å². The van der Waals surface area contributed by atoms with Crippen molar-refractivity contribution in [2.75, 3.05) is 4.90 Å². The first-order valence-corrected chi connectivity index (χ1v) is 20.1. The van der Waals surface area contributed by atoms with Crippen LogP contribution in [0.25, 0.3) is 87.8 Å². The lowest BCUT2D eigenvalue weighted by Gasteiger charge is -2.27. The molecule has 0 unspecified atom stereocenters. The average molecular weight is 738 g/mol. The van der Waals surface area contributed by atoms with Gasteiger partial charge in [0.15, 0.2) is 0 Å². The third kappa shape index (κ3) is 4.38. The molecule has 0 saturated carbocycles. The van der Waals surface area contributed by atoms with Crippen LogP contribution in [0.3, 0.4) is 0 Å². The second-order valence-electron chi connectivity index (χ2n) is 15.7. The third-order valence-electron chi connectivity index (χ3n) is 12.6. The van der Waals surface area contributed by atoms with Crippen LogP contribution in [0.2, 0.25) is 0 Å². The molecule has 3 heterocycles. The van der Waals surface area contributed by atoms with E-state index in [2.05, 4.69) is 214 Å². The standard InChI is InChI=1S/C55H35N3/c1-2-15-42-36(12-1)32-37-28-31-41(34-50(37)42)56(39-13-9-14-40(33-39)57-51-23-6-3-16-44(51)45-17-4-7-24-52(45)57)38-29-26-35(27-30-38)43-19-10-21-48-49-22-11-20-47-46-18-5-8-25-53(46)58(54(43)48)55(47)49/h1-31,33-34H,32H2. The zero-order valence-corrected chi connectivity index (χ0v) is 31.6. The predicted molar refractivity (Wildman–Crippen MR) is 244 cm³/mol. The van der Waals surface area contributed by atoms with Crippen molar-refractivity contribution in [1.82, 2.24) is 8.97 Å². The number of aromatic nitrogens is 2. The predicted octanol–water partition coefficient (Wildman–Crippen LogP) is 14.6. The zero-order chi connectivity index (χ0) is 37.9. The Balaban J connectivity index is 1.000. The highest BCUT2D eigenvalue weighted by Gasteiger charge is 2.23. The van der Waals surface area contributed by atoms with Crippen molar-refractivity contribution < 1.29 is 0 Å². The molecule has 12 aromatic rings. The Morgan fingerprint density at radius 2 is 0.879 bits per heavy atom. The van der Waals surface area contributed by atoms with Crippen LogP contribution in [0.5, 0.6) is 0 Å². The van der Waals surface area contributed by atoms with E-state index in [0.29, 0.717) is 0 Å². The van der Waals surface area contributed by atoms with E-state index in [-0.39, 0.29) is 0 Å². The molecule has 9 aromatic carbocycles. The van der Waals surface area contributed by atoms with Gasteiger partial charge in [-0.2, -0.15) is 0 Å². The number of fused-ring (bicyclic) bond motifs is 12. The van der Waals surface area contributed by atoms with E-state index in [9.17, 15) is 0 Å². The largest absolute Gasteiger partial charge is 0.310 e. The van der Waals surface area contributed by atoms with Gasteiger partial charge in [0, 0.05) is 60.6 Å². The van der Waals surface area contributed by atoms with Crippen LogP contribution < -0.4 is 4.90 Å². The monoisotopic (exact) mass is 737 g/mol. The van der Waals surface area contributed by atoms with Crippen molar-refractivity contribution in [3.8, 4) is 27.9 Å². The van der Waals surface area contributed by atoms with E-state index in [4.69, 9.17) is 0 Å². The summed E-state index contributed by atoms with van der Waals surface area (Å²) in [4.78, 5) is 2.43. The van der Waals surface area contributed by atoms with Crippen LogP contribution in [0.1, 0.15) is 11.1 Å². The highest BCUT2D eigenvalue weighted by Crippen LogP contribution is 2.45.